The number of hydrogen-bond donors (Lipinski definition) is 1. The molecule has 0 bridgehead atoms. The highest BCUT2D eigenvalue weighted by Gasteiger charge is 2.27. The molecule has 3 rings (SSSR count). The van der Waals surface area contributed by atoms with Gasteiger partial charge in [-0.3, -0.25) is 10.1 Å². The molecule has 1 aliphatic rings. The molecule has 2 atom stereocenters. The number of fused-ring (bicyclic) bond motifs is 1. The van der Waals surface area contributed by atoms with Gasteiger partial charge < -0.3 is 10.6 Å². The van der Waals surface area contributed by atoms with Gasteiger partial charge in [0.05, 0.1) is 4.92 Å². The van der Waals surface area contributed by atoms with E-state index in [1.54, 1.807) is 12.3 Å². The van der Waals surface area contributed by atoms with Crippen LogP contribution >= 0.6 is 0 Å². The van der Waals surface area contributed by atoms with Crippen LogP contribution in [0.2, 0.25) is 0 Å². The molecule has 2 unspecified atom stereocenters. The van der Waals surface area contributed by atoms with Crippen LogP contribution in [0.25, 0.3) is 10.9 Å². The summed E-state index contributed by atoms with van der Waals surface area (Å²) in [5, 5.41) is 12.0. The number of nitrogens with two attached hydrogens (primary N) is 1. The average Bonchev–Trinajstić information content (AvgIpc) is 2.95. The number of benzene rings is 1. The lowest BCUT2D eigenvalue weighted by atomic mass is 10.0. The molecule has 1 aliphatic heterocycles. The lowest BCUT2D eigenvalue weighted by molar-refractivity contribution is -0.383. The van der Waals surface area contributed by atoms with Gasteiger partial charge in [0.1, 0.15) is 5.52 Å². The number of hydrogen-bond acceptors (Lipinski definition) is 5. The van der Waals surface area contributed by atoms with Crippen molar-refractivity contribution < 1.29 is 4.92 Å². The Morgan fingerprint density at radius 1 is 1.48 bits per heavy atom. The maximum Gasteiger partial charge on any atom is 0.295 e. The molecule has 0 aliphatic carbocycles. The van der Waals surface area contributed by atoms with E-state index in [-0.39, 0.29) is 16.7 Å². The molecule has 2 aromatic rings. The van der Waals surface area contributed by atoms with Crippen LogP contribution in [-0.4, -0.2) is 29.0 Å². The van der Waals surface area contributed by atoms with E-state index in [1.165, 1.54) is 6.07 Å². The molecule has 0 spiro atoms. The van der Waals surface area contributed by atoms with Crippen molar-refractivity contribution in [1.29, 1.82) is 0 Å². The predicted molar refractivity (Wildman–Crippen MR) is 82.4 cm³/mol. The van der Waals surface area contributed by atoms with Gasteiger partial charge in [-0.1, -0.05) is 12.1 Å². The summed E-state index contributed by atoms with van der Waals surface area (Å²) < 4.78 is 0. The van der Waals surface area contributed by atoms with Crippen LogP contribution < -0.4 is 10.6 Å². The van der Waals surface area contributed by atoms with Crippen LogP contribution in [0.3, 0.4) is 0 Å². The minimum Gasteiger partial charge on any atom is -0.371 e. The summed E-state index contributed by atoms with van der Waals surface area (Å²) in [5.74, 6) is 0.465. The number of nitro groups is 1. The quantitative estimate of drug-likeness (QED) is 0.691. The molecule has 110 valence electrons. The third-order valence-electron chi connectivity index (χ3n) is 4.23. The predicted octanol–water partition coefficient (Wildman–Crippen LogP) is 2.32. The number of rotatable bonds is 3. The first-order chi connectivity index (χ1) is 10.1. The molecule has 1 aromatic carbocycles. The molecule has 2 heterocycles. The van der Waals surface area contributed by atoms with Gasteiger partial charge >= 0.3 is 0 Å². The Morgan fingerprint density at radius 2 is 2.29 bits per heavy atom. The number of anilines is 1. The number of pyridine rings is 1. The summed E-state index contributed by atoms with van der Waals surface area (Å²) in [4.78, 5) is 17.2. The largest absolute Gasteiger partial charge is 0.371 e. The van der Waals surface area contributed by atoms with Gasteiger partial charge in [0.2, 0.25) is 0 Å². The molecule has 6 nitrogen and oxygen atoms in total. The highest BCUT2D eigenvalue weighted by Crippen LogP contribution is 2.33. The Kier molecular flexibility index (Phi) is 3.47. The molecule has 1 fully saturated rings. The van der Waals surface area contributed by atoms with Gasteiger partial charge in [0.15, 0.2) is 0 Å². The molecular formula is C15H18N4O2. The highest BCUT2D eigenvalue weighted by atomic mass is 16.6. The Morgan fingerprint density at radius 3 is 2.95 bits per heavy atom. The summed E-state index contributed by atoms with van der Waals surface area (Å²) in [5.41, 5.74) is 7.49. The van der Waals surface area contributed by atoms with Crippen LogP contribution in [0.4, 0.5) is 11.4 Å². The summed E-state index contributed by atoms with van der Waals surface area (Å²) in [6.45, 7) is 3.84. The Bertz CT molecular complexity index is 686. The van der Waals surface area contributed by atoms with E-state index >= 15 is 0 Å². The highest BCUT2D eigenvalue weighted by molar-refractivity contribution is 5.96. The molecule has 0 saturated carbocycles. The maximum absolute atomic E-state index is 11.1. The number of para-hydroxylation sites is 1. The lowest BCUT2D eigenvalue weighted by Gasteiger charge is -2.21. The Balaban J connectivity index is 2.04. The van der Waals surface area contributed by atoms with Crippen LogP contribution in [-0.2, 0) is 0 Å². The minimum atomic E-state index is -0.381. The van der Waals surface area contributed by atoms with E-state index in [0.29, 0.717) is 11.4 Å². The van der Waals surface area contributed by atoms with Crippen molar-refractivity contribution in [2.24, 2.45) is 11.7 Å². The van der Waals surface area contributed by atoms with E-state index in [2.05, 4.69) is 9.88 Å². The molecule has 0 radical (unpaired) electrons. The first-order valence-corrected chi connectivity index (χ1v) is 7.10. The summed E-state index contributed by atoms with van der Waals surface area (Å²) in [7, 11) is 0. The molecule has 6 heteroatoms. The molecular weight excluding hydrogens is 268 g/mol. The maximum atomic E-state index is 11.1. The minimum absolute atomic E-state index is 0.0530. The number of aromatic nitrogens is 1. The number of nitro benzene ring substituents is 1. The SMILES string of the molecule is CC(N)C1CCN(c2ccnc3c([N+](=O)[O-])cccc23)C1. The third kappa shape index (κ3) is 2.42. The van der Waals surface area contributed by atoms with Crippen LogP contribution in [0.5, 0.6) is 0 Å². The fraction of sp³-hybridized carbons (Fsp3) is 0.400. The van der Waals surface area contributed by atoms with Crippen molar-refractivity contribution in [3.63, 3.8) is 0 Å². The van der Waals surface area contributed by atoms with Gasteiger partial charge in [0.25, 0.3) is 5.69 Å². The van der Waals surface area contributed by atoms with Crippen molar-refractivity contribution in [2.75, 3.05) is 18.0 Å². The van der Waals surface area contributed by atoms with Gasteiger partial charge in [-0.05, 0) is 25.3 Å². The zero-order valence-electron chi connectivity index (χ0n) is 11.9. The summed E-state index contributed by atoms with van der Waals surface area (Å²) >= 11 is 0. The second-order valence-electron chi connectivity index (χ2n) is 5.61. The lowest BCUT2D eigenvalue weighted by Crippen LogP contribution is -2.29. The van der Waals surface area contributed by atoms with Crippen molar-refractivity contribution in [3.8, 4) is 0 Å². The van der Waals surface area contributed by atoms with Crippen LogP contribution in [0.15, 0.2) is 30.5 Å². The third-order valence-corrected chi connectivity index (χ3v) is 4.23. The molecule has 0 amide bonds. The molecule has 1 aromatic heterocycles. The van der Waals surface area contributed by atoms with E-state index in [4.69, 9.17) is 5.73 Å². The molecule has 21 heavy (non-hydrogen) atoms. The Hall–Kier alpha value is -2.21. The first kappa shape index (κ1) is 13.8. The monoisotopic (exact) mass is 286 g/mol. The van der Waals surface area contributed by atoms with E-state index in [9.17, 15) is 10.1 Å². The smallest absolute Gasteiger partial charge is 0.295 e. The van der Waals surface area contributed by atoms with E-state index < -0.39 is 0 Å². The van der Waals surface area contributed by atoms with Gasteiger partial charge in [-0.2, -0.15) is 0 Å². The summed E-state index contributed by atoms with van der Waals surface area (Å²) in [6.07, 6.45) is 2.69. The van der Waals surface area contributed by atoms with Crippen LogP contribution in [0.1, 0.15) is 13.3 Å². The van der Waals surface area contributed by atoms with Gasteiger partial charge in [-0.25, -0.2) is 4.98 Å². The second-order valence-corrected chi connectivity index (χ2v) is 5.61. The van der Waals surface area contributed by atoms with Gasteiger partial charge in [-0.15, -0.1) is 0 Å². The average molecular weight is 286 g/mol. The van der Waals surface area contributed by atoms with Crippen molar-refractivity contribution in [3.05, 3.63) is 40.6 Å². The van der Waals surface area contributed by atoms with E-state index in [1.807, 2.05) is 19.1 Å². The normalized spacial score (nSPS) is 19.9. The Labute approximate surface area is 122 Å². The zero-order chi connectivity index (χ0) is 15.0. The standard InChI is InChI=1S/C15H18N4O2/c1-10(16)11-6-8-18(9-11)13-5-7-17-15-12(13)3-2-4-14(15)19(20)21/h2-5,7,10-11H,6,8-9,16H2,1H3. The van der Waals surface area contributed by atoms with Gasteiger partial charge in [0, 0.05) is 42.5 Å². The van der Waals surface area contributed by atoms with Crippen LogP contribution in [0, 0.1) is 16.0 Å². The fourth-order valence-corrected chi connectivity index (χ4v) is 3.00. The number of nitrogens with zero attached hydrogens (tertiary/aromatic N) is 3. The molecule has 1 saturated heterocycles. The second kappa shape index (κ2) is 5.29. The first-order valence-electron chi connectivity index (χ1n) is 7.10. The topological polar surface area (TPSA) is 85.3 Å². The fourth-order valence-electron chi connectivity index (χ4n) is 3.00. The van der Waals surface area contributed by atoms with Crippen molar-refractivity contribution in [2.45, 2.75) is 19.4 Å². The zero-order valence-corrected chi connectivity index (χ0v) is 11.9. The van der Waals surface area contributed by atoms with Crippen molar-refractivity contribution >= 4 is 22.3 Å². The summed E-state index contributed by atoms with van der Waals surface area (Å²) in [6, 6.07) is 7.19. The van der Waals surface area contributed by atoms with Crippen molar-refractivity contribution in [1.82, 2.24) is 4.98 Å². The van der Waals surface area contributed by atoms with E-state index in [0.717, 1.165) is 30.6 Å². The number of non-ortho nitro benzene ring substituents is 1. The molecule has 2 N–H and O–H groups in total.